The molecule has 24 heavy (non-hydrogen) atoms. The monoisotopic (exact) mass is 332 g/mol. The molecule has 0 unspecified atom stereocenters. The molecule has 1 aliphatic heterocycles. The van der Waals surface area contributed by atoms with Crippen LogP contribution >= 0.6 is 0 Å². The lowest BCUT2D eigenvalue weighted by Crippen LogP contribution is -2.41. The first-order valence-electron chi connectivity index (χ1n) is 8.57. The van der Waals surface area contributed by atoms with Crippen molar-refractivity contribution in [2.45, 2.75) is 32.2 Å². The van der Waals surface area contributed by atoms with Crippen LogP contribution in [0.1, 0.15) is 26.2 Å². The van der Waals surface area contributed by atoms with E-state index in [2.05, 4.69) is 34.5 Å². The number of benzene rings is 1. The van der Waals surface area contributed by atoms with Crippen molar-refractivity contribution < 1.29 is 9.59 Å². The van der Waals surface area contributed by atoms with Crippen molar-refractivity contribution in [1.29, 1.82) is 0 Å². The Morgan fingerprint density at radius 2 is 1.79 bits per heavy atom. The molecule has 2 N–H and O–H groups in total. The van der Waals surface area contributed by atoms with Crippen LogP contribution in [0, 0.1) is 0 Å². The number of piperidine rings is 1. The first-order chi connectivity index (χ1) is 11.5. The summed E-state index contributed by atoms with van der Waals surface area (Å²) < 4.78 is 0. The highest BCUT2D eigenvalue weighted by Crippen LogP contribution is 2.23. The number of likely N-dealkylation sites (tertiary alicyclic amines) is 1. The maximum Gasteiger partial charge on any atom is 0.243 e. The van der Waals surface area contributed by atoms with Gasteiger partial charge in [0, 0.05) is 30.9 Å². The van der Waals surface area contributed by atoms with Crippen molar-refractivity contribution in [2.75, 3.05) is 43.9 Å². The first kappa shape index (κ1) is 18.3. The van der Waals surface area contributed by atoms with Gasteiger partial charge in [-0.3, -0.25) is 9.59 Å². The zero-order valence-corrected chi connectivity index (χ0v) is 14.8. The minimum Gasteiger partial charge on any atom is -0.372 e. The van der Waals surface area contributed by atoms with Crippen LogP contribution < -0.4 is 15.5 Å². The highest BCUT2D eigenvalue weighted by atomic mass is 16.2. The molecule has 0 saturated carbocycles. The molecule has 6 nitrogen and oxygen atoms in total. The maximum atomic E-state index is 11.8. The number of nitrogens with zero attached hydrogens (tertiary/aromatic N) is 2. The number of amides is 2. The summed E-state index contributed by atoms with van der Waals surface area (Å²) in [5, 5.41) is 5.36. The van der Waals surface area contributed by atoms with Gasteiger partial charge in [0.2, 0.25) is 11.8 Å². The summed E-state index contributed by atoms with van der Waals surface area (Å²) in [6.45, 7) is 4.02. The Hall–Kier alpha value is -2.08. The van der Waals surface area contributed by atoms with Gasteiger partial charge < -0.3 is 20.4 Å². The van der Waals surface area contributed by atoms with Crippen LogP contribution in [0.5, 0.6) is 0 Å². The molecule has 0 radical (unpaired) electrons. The van der Waals surface area contributed by atoms with Gasteiger partial charge in [0.25, 0.3) is 0 Å². The minimum absolute atomic E-state index is 0.00389. The van der Waals surface area contributed by atoms with E-state index in [-0.39, 0.29) is 18.4 Å². The second-order valence-corrected chi connectivity index (χ2v) is 6.37. The predicted molar refractivity (Wildman–Crippen MR) is 97.3 cm³/mol. The van der Waals surface area contributed by atoms with Crippen LogP contribution in [-0.4, -0.2) is 56.5 Å². The van der Waals surface area contributed by atoms with Gasteiger partial charge >= 0.3 is 0 Å². The molecule has 1 saturated heterocycles. The van der Waals surface area contributed by atoms with Crippen LogP contribution in [0.3, 0.4) is 0 Å². The van der Waals surface area contributed by atoms with Crippen molar-refractivity contribution >= 4 is 23.2 Å². The van der Waals surface area contributed by atoms with Crippen LogP contribution in [0.25, 0.3) is 0 Å². The van der Waals surface area contributed by atoms with E-state index >= 15 is 0 Å². The van der Waals surface area contributed by atoms with E-state index in [1.165, 1.54) is 12.8 Å². The van der Waals surface area contributed by atoms with Gasteiger partial charge in [-0.05, 0) is 57.2 Å². The number of carbonyl (C=O) groups excluding carboxylic acids is 2. The minimum atomic E-state index is -0.215. The van der Waals surface area contributed by atoms with Gasteiger partial charge in [0.1, 0.15) is 0 Å². The quantitative estimate of drug-likeness (QED) is 0.832. The molecule has 6 heteroatoms. The van der Waals surface area contributed by atoms with E-state index in [0.29, 0.717) is 12.5 Å². The summed E-state index contributed by atoms with van der Waals surface area (Å²) in [4.78, 5) is 27.6. The van der Waals surface area contributed by atoms with Gasteiger partial charge in [-0.15, -0.1) is 0 Å². The van der Waals surface area contributed by atoms with E-state index in [1.807, 2.05) is 24.3 Å². The standard InChI is InChI=1S/C18H28N4O2/c1-4-17(23)19-13-18(24)20-14-5-7-15(8-6-14)22(3)16-9-11-21(2)12-10-16/h5-8,16H,4,9-13H2,1-3H3,(H,19,23)(H,20,24). The van der Waals surface area contributed by atoms with E-state index in [9.17, 15) is 9.59 Å². The second-order valence-electron chi connectivity index (χ2n) is 6.37. The first-order valence-corrected chi connectivity index (χ1v) is 8.57. The Kier molecular flexibility index (Phi) is 6.61. The SMILES string of the molecule is CCC(=O)NCC(=O)Nc1ccc(N(C)C2CCN(C)CC2)cc1. The predicted octanol–water partition coefficient (Wildman–Crippen LogP) is 1.68. The summed E-state index contributed by atoms with van der Waals surface area (Å²) in [6.07, 6.45) is 2.72. The fraction of sp³-hybridized carbons (Fsp3) is 0.556. The average Bonchev–Trinajstić information content (AvgIpc) is 2.60. The third-order valence-corrected chi connectivity index (χ3v) is 4.56. The van der Waals surface area contributed by atoms with Gasteiger partial charge in [-0.2, -0.15) is 0 Å². The summed E-state index contributed by atoms with van der Waals surface area (Å²) in [7, 11) is 4.29. The fourth-order valence-corrected chi connectivity index (χ4v) is 2.88. The van der Waals surface area contributed by atoms with Crippen LogP contribution in [0.15, 0.2) is 24.3 Å². The molecule has 1 aromatic carbocycles. The van der Waals surface area contributed by atoms with Gasteiger partial charge in [-0.25, -0.2) is 0 Å². The normalized spacial score (nSPS) is 15.8. The highest BCUT2D eigenvalue weighted by Gasteiger charge is 2.20. The molecule has 2 amide bonds. The molecular formula is C18H28N4O2. The third-order valence-electron chi connectivity index (χ3n) is 4.56. The summed E-state index contributed by atoms with van der Waals surface area (Å²) in [5.74, 6) is -0.339. The number of carbonyl (C=O) groups is 2. The summed E-state index contributed by atoms with van der Waals surface area (Å²) in [6, 6.07) is 8.42. The molecule has 1 aliphatic rings. The smallest absolute Gasteiger partial charge is 0.243 e. The van der Waals surface area contributed by atoms with Crippen molar-refractivity contribution in [3.63, 3.8) is 0 Å². The number of anilines is 2. The van der Waals surface area contributed by atoms with Crippen molar-refractivity contribution in [2.24, 2.45) is 0 Å². The zero-order chi connectivity index (χ0) is 17.5. The Morgan fingerprint density at radius 3 is 2.38 bits per heavy atom. The molecule has 1 fully saturated rings. The van der Waals surface area contributed by atoms with Crippen LogP contribution in [0.2, 0.25) is 0 Å². The average molecular weight is 332 g/mol. The lowest BCUT2D eigenvalue weighted by molar-refractivity contribution is -0.123. The lowest BCUT2D eigenvalue weighted by atomic mass is 10.0. The van der Waals surface area contributed by atoms with Gasteiger partial charge in [-0.1, -0.05) is 6.92 Å². The molecule has 1 aromatic rings. The molecule has 0 aromatic heterocycles. The third kappa shape index (κ3) is 5.23. The van der Waals surface area contributed by atoms with Crippen molar-refractivity contribution in [3.8, 4) is 0 Å². The summed E-state index contributed by atoms with van der Waals surface area (Å²) in [5.41, 5.74) is 1.90. The molecule has 2 rings (SSSR count). The molecule has 0 atom stereocenters. The second kappa shape index (κ2) is 8.68. The molecular weight excluding hydrogens is 304 g/mol. The molecule has 1 heterocycles. The zero-order valence-electron chi connectivity index (χ0n) is 14.8. The van der Waals surface area contributed by atoms with Crippen molar-refractivity contribution in [1.82, 2.24) is 10.2 Å². The number of nitrogens with one attached hydrogen (secondary N) is 2. The largest absolute Gasteiger partial charge is 0.372 e. The molecule has 132 valence electrons. The highest BCUT2D eigenvalue weighted by molar-refractivity contribution is 5.94. The summed E-state index contributed by atoms with van der Waals surface area (Å²) >= 11 is 0. The molecule has 0 aliphatic carbocycles. The lowest BCUT2D eigenvalue weighted by Gasteiger charge is -2.36. The Labute approximate surface area is 144 Å². The van der Waals surface area contributed by atoms with Crippen LogP contribution in [0.4, 0.5) is 11.4 Å². The van der Waals surface area contributed by atoms with Gasteiger partial charge in [0.15, 0.2) is 0 Å². The molecule has 0 bridgehead atoms. The van der Waals surface area contributed by atoms with E-state index < -0.39 is 0 Å². The van der Waals surface area contributed by atoms with E-state index in [0.717, 1.165) is 24.5 Å². The maximum absolute atomic E-state index is 11.8. The van der Waals surface area contributed by atoms with E-state index in [4.69, 9.17) is 0 Å². The number of rotatable bonds is 6. The topological polar surface area (TPSA) is 64.7 Å². The number of hydrogen-bond acceptors (Lipinski definition) is 4. The molecule has 0 spiro atoms. The Morgan fingerprint density at radius 1 is 1.17 bits per heavy atom. The number of hydrogen-bond donors (Lipinski definition) is 2. The van der Waals surface area contributed by atoms with E-state index in [1.54, 1.807) is 6.92 Å². The Balaban J connectivity index is 1.86. The Bertz CT molecular complexity index is 551. The van der Waals surface area contributed by atoms with Crippen LogP contribution in [-0.2, 0) is 9.59 Å². The fourth-order valence-electron chi connectivity index (χ4n) is 2.88. The van der Waals surface area contributed by atoms with Crippen molar-refractivity contribution in [3.05, 3.63) is 24.3 Å². The van der Waals surface area contributed by atoms with Gasteiger partial charge in [0.05, 0.1) is 6.54 Å².